The molecule has 0 spiro atoms. The predicted molar refractivity (Wildman–Crippen MR) is 119 cm³/mol. The molecule has 6 heteroatoms. The molecular formula is C24H28BrFN2O2. The van der Waals surface area contributed by atoms with E-state index in [4.69, 9.17) is 4.74 Å². The van der Waals surface area contributed by atoms with Gasteiger partial charge in [-0.3, -0.25) is 0 Å². The molecular weight excluding hydrogens is 447 g/mol. The Morgan fingerprint density at radius 3 is 2.37 bits per heavy atom. The molecule has 0 N–H and O–H groups in total. The molecule has 160 valence electrons. The van der Waals surface area contributed by atoms with E-state index in [1.54, 1.807) is 17.0 Å². The molecule has 2 aromatic rings. The quantitative estimate of drug-likeness (QED) is 0.524. The van der Waals surface area contributed by atoms with E-state index in [9.17, 15) is 9.18 Å². The molecule has 0 bridgehead atoms. The number of hydrogen-bond acceptors (Lipinski definition) is 3. The third kappa shape index (κ3) is 4.54. The summed E-state index contributed by atoms with van der Waals surface area (Å²) in [5.41, 5.74) is 1.25. The molecule has 0 aromatic heterocycles. The Balaban J connectivity index is 1.53. The third-order valence-electron chi connectivity index (χ3n) is 6.49. The Bertz CT molecular complexity index is 868. The van der Waals surface area contributed by atoms with Crippen LogP contribution < -0.4 is 0 Å². The van der Waals surface area contributed by atoms with E-state index in [0.29, 0.717) is 13.0 Å². The van der Waals surface area contributed by atoms with Gasteiger partial charge in [0.1, 0.15) is 11.4 Å². The zero-order valence-corrected chi connectivity index (χ0v) is 18.9. The highest BCUT2D eigenvalue weighted by Gasteiger charge is 2.43. The minimum Gasteiger partial charge on any atom is -0.438 e. The predicted octanol–water partition coefficient (Wildman–Crippen LogP) is 5.87. The summed E-state index contributed by atoms with van der Waals surface area (Å²) in [6.07, 6.45) is 3.57. The average molecular weight is 475 g/mol. The van der Waals surface area contributed by atoms with Crippen molar-refractivity contribution in [3.05, 3.63) is 69.9 Å². The first-order valence-electron chi connectivity index (χ1n) is 10.7. The van der Waals surface area contributed by atoms with Crippen molar-refractivity contribution in [1.82, 2.24) is 9.80 Å². The second kappa shape index (κ2) is 9.06. The van der Waals surface area contributed by atoms with Gasteiger partial charge in [-0.2, -0.15) is 0 Å². The molecule has 2 saturated heterocycles. The van der Waals surface area contributed by atoms with E-state index in [-0.39, 0.29) is 18.0 Å². The minimum atomic E-state index is -0.705. The van der Waals surface area contributed by atoms with Crippen LogP contribution in [0, 0.1) is 5.82 Å². The van der Waals surface area contributed by atoms with E-state index in [2.05, 4.69) is 20.8 Å². The number of rotatable bonds is 6. The molecule has 4 nitrogen and oxygen atoms in total. The van der Waals surface area contributed by atoms with Crippen LogP contribution >= 0.6 is 15.9 Å². The van der Waals surface area contributed by atoms with E-state index < -0.39 is 5.60 Å². The Kier molecular flexibility index (Phi) is 6.44. The highest BCUT2D eigenvalue weighted by molar-refractivity contribution is 9.10. The number of nitrogens with zero attached hydrogens (tertiary/aromatic N) is 2. The second-order valence-corrected chi connectivity index (χ2v) is 9.25. The minimum absolute atomic E-state index is 0.0737. The average Bonchev–Trinajstić information content (AvgIpc) is 3.27. The van der Waals surface area contributed by atoms with Crippen LogP contribution in [-0.4, -0.2) is 42.1 Å². The summed E-state index contributed by atoms with van der Waals surface area (Å²) in [5.74, 6) is -0.277. The Hall–Kier alpha value is -1.92. The third-order valence-corrected chi connectivity index (χ3v) is 7.02. The zero-order valence-electron chi connectivity index (χ0n) is 17.3. The van der Waals surface area contributed by atoms with Gasteiger partial charge >= 0.3 is 6.09 Å². The number of likely N-dealkylation sites (tertiary alicyclic amines) is 1. The van der Waals surface area contributed by atoms with Crippen LogP contribution in [-0.2, 0) is 10.3 Å². The molecule has 2 heterocycles. The molecule has 2 aromatic carbocycles. The molecule has 1 amide bonds. The van der Waals surface area contributed by atoms with Crippen LogP contribution in [0.4, 0.5) is 9.18 Å². The number of amides is 1. The van der Waals surface area contributed by atoms with Crippen molar-refractivity contribution in [3.8, 4) is 0 Å². The van der Waals surface area contributed by atoms with Gasteiger partial charge in [0, 0.05) is 30.4 Å². The van der Waals surface area contributed by atoms with Gasteiger partial charge in [-0.15, -0.1) is 0 Å². The normalized spacial score (nSPS) is 23.4. The van der Waals surface area contributed by atoms with Gasteiger partial charge in [0.25, 0.3) is 0 Å². The van der Waals surface area contributed by atoms with E-state index in [0.717, 1.165) is 41.7 Å². The molecule has 2 atom stereocenters. The van der Waals surface area contributed by atoms with Crippen LogP contribution in [0.25, 0.3) is 0 Å². The number of carbonyl (C=O) groups excluding carboxylic acids is 1. The second-order valence-electron chi connectivity index (χ2n) is 8.34. The van der Waals surface area contributed by atoms with Gasteiger partial charge in [0.15, 0.2) is 0 Å². The summed E-state index contributed by atoms with van der Waals surface area (Å²) in [5, 5.41) is 0. The fourth-order valence-corrected chi connectivity index (χ4v) is 4.83. The molecule has 2 aliphatic rings. The van der Waals surface area contributed by atoms with Crippen molar-refractivity contribution in [2.75, 3.05) is 26.2 Å². The maximum absolute atomic E-state index is 13.5. The SMILES string of the molecule is C[C@@H](c1ccc(Br)cc1)N1CCC(CCN2CCCC2)(c2ccc(F)cc2)OC1=O. The highest BCUT2D eigenvalue weighted by Crippen LogP contribution is 2.40. The van der Waals surface area contributed by atoms with Crippen LogP contribution in [0.5, 0.6) is 0 Å². The van der Waals surface area contributed by atoms with Crippen LogP contribution in [0.1, 0.15) is 49.8 Å². The van der Waals surface area contributed by atoms with Gasteiger partial charge in [-0.05, 0) is 68.2 Å². The fraction of sp³-hybridized carbons (Fsp3) is 0.458. The summed E-state index contributed by atoms with van der Waals surface area (Å²) in [7, 11) is 0. The van der Waals surface area contributed by atoms with Crippen molar-refractivity contribution < 1.29 is 13.9 Å². The number of ether oxygens (including phenoxy) is 1. The number of halogens is 2. The monoisotopic (exact) mass is 474 g/mol. The van der Waals surface area contributed by atoms with Crippen LogP contribution in [0.3, 0.4) is 0 Å². The van der Waals surface area contributed by atoms with Gasteiger partial charge in [-0.1, -0.05) is 40.2 Å². The largest absolute Gasteiger partial charge is 0.438 e. The lowest BCUT2D eigenvalue weighted by atomic mass is 9.85. The molecule has 0 saturated carbocycles. The smallest absolute Gasteiger partial charge is 0.411 e. The van der Waals surface area contributed by atoms with Gasteiger partial charge in [-0.25, -0.2) is 9.18 Å². The number of benzene rings is 2. The van der Waals surface area contributed by atoms with Gasteiger partial charge < -0.3 is 14.5 Å². The van der Waals surface area contributed by atoms with Crippen molar-refractivity contribution in [1.29, 1.82) is 0 Å². The molecule has 0 aliphatic carbocycles. The Labute approximate surface area is 186 Å². The van der Waals surface area contributed by atoms with Gasteiger partial charge in [0.05, 0.1) is 6.04 Å². The molecule has 0 radical (unpaired) electrons. The van der Waals surface area contributed by atoms with Crippen molar-refractivity contribution in [3.63, 3.8) is 0 Å². The van der Waals surface area contributed by atoms with E-state index in [1.807, 2.05) is 31.2 Å². The lowest BCUT2D eigenvalue weighted by molar-refractivity contribution is -0.0686. The summed E-state index contributed by atoms with van der Waals surface area (Å²) < 4.78 is 20.7. The Morgan fingerprint density at radius 2 is 1.73 bits per heavy atom. The van der Waals surface area contributed by atoms with Crippen LogP contribution in [0.15, 0.2) is 53.0 Å². The zero-order chi connectivity index (χ0) is 21.1. The first-order valence-corrected chi connectivity index (χ1v) is 11.5. The molecule has 2 fully saturated rings. The van der Waals surface area contributed by atoms with Crippen molar-refractivity contribution >= 4 is 22.0 Å². The lowest BCUT2D eigenvalue weighted by Gasteiger charge is -2.44. The standard InChI is InChI=1S/C24H28BrFN2O2/c1-18(19-4-8-21(25)9-5-19)28-17-13-24(30-23(28)29,12-16-27-14-2-3-15-27)20-6-10-22(26)11-7-20/h4-11,18H,2-3,12-17H2,1H3/t18-,24?/m0/s1. The highest BCUT2D eigenvalue weighted by atomic mass is 79.9. The van der Waals surface area contributed by atoms with Crippen molar-refractivity contribution in [2.24, 2.45) is 0 Å². The summed E-state index contributed by atoms with van der Waals surface area (Å²) in [4.78, 5) is 17.4. The van der Waals surface area contributed by atoms with E-state index >= 15 is 0 Å². The lowest BCUT2D eigenvalue weighted by Crippen LogP contribution is -2.49. The first kappa shape index (κ1) is 21.3. The maximum Gasteiger partial charge on any atom is 0.411 e. The van der Waals surface area contributed by atoms with E-state index in [1.165, 1.54) is 25.0 Å². The summed E-state index contributed by atoms with van der Waals surface area (Å²) in [6, 6.07) is 14.4. The topological polar surface area (TPSA) is 32.8 Å². The fourth-order valence-electron chi connectivity index (χ4n) is 4.56. The van der Waals surface area contributed by atoms with Crippen LogP contribution in [0.2, 0.25) is 0 Å². The number of hydrogen-bond donors (Lipinski definition) is 0. The number of cyclic esters (lactones) is 1. The maximum atomic E-state index is 13.5. The summed E-state index contributed by atoms with van der Waals surface area (Å²) >= 11 is 3.46. The number of carbonyl (C=O) groups is 1. The molecule has 4 rings (SSSR count). The van der Waals surface area contributed by atoms with Crippen molar-refractivity contribution in [2.45, 2.75) is 44.2 Å². The first-order chi connectivity index (χ1) is 14.5. The summed E-state index contributed by atoms with van der Waals surface area (Å²) in [6.45, 7) is 5.71. The molecule has 2 aliphatic heterocycles. The van der Waals surface area contributed by atoms with Gasteiger partial charge in [0.2, 0.25) is 0 Å². The molecule has 1 unspecified atom stereocenters. The Morgan fingerprint density at radius 1 is 1.07 bits per heavy atom. The molecule has 30 heavy (non-hydrogen) atoms.